The first-order valence-corrected chi connectivity index (χ1v) is 6.74. The Hall–Kier alpha value is -0.993. The summed E-state index contributed by atoms with van der Waals surface area (Å²) in [6.45, 7) is 1.17. The van der Waals surface area contributed by atoms with E-state index < -0.39 is 42.8 Å². The number of benzene rings is 1. The molecule has 0 spiro atoms. The van der Waals surface area contributed by atoms with Crippen molar-refractivity contribution in [1.82, 2.24) is 0 Å². The van der Waals surface area contributed by atoms with Crippen molar-refractivity contribution in [2.45, 2.75) is 6.55 Å². The summed E-state index contributed by atoms with van der Waals surface area (Å²) in [6, 6.07) is 0. The van der Waals surface area contributed by atoms with Crippen LogP contribution in [0.25, 0.3) is 0 Å². The molecule has 2 nitrogen and oxygen atoms in total. The van der Waals surface area contributed by atoms with Crippen LogP contribution < -0.4 is 5.19 Å². The highest BCUT2D eigenvalue weighted by Gasteiger charge is 2.42. The van der Waals surface area contributed by atoms with Gasteiger partial charge in [0.2, 0.25) is 5.82 Å². The topological polar surface area (TPSA) is 18.5 Å². The van der Waals surface area contributed by atoms with Crippen LogP contribution in [0.3, 0.4) is 0 Å². The summed E-state index contributed by atoms with van der Waals surface area (Å²) in [6.07, 6.45) is 0. The third kappa shape index (κ3) is 2.07. The van der Waals surface area contributed by atoms with Gasteiger partial charge in [0.25, 0.3) is 0 Å². The second kappa shape index (κ2) is 4.71. The van der Waals surface area contributed by atoms with Crippen molar-refractivity contribution in [2.24, 2.45) is 0 Å². The molecule has 0 saturated carbocycles. The summed E-state index contributed by atoms with van der Waals surface area (Å²) in [5, 5.41) is -1.03. The van der Waals surface area contributed by atoms with Crippen LogP contribution in [-0.2, 0) is 8.85 Å². The van der Waals surface area contributed by atoms with Crippen LogP contribution in [0.1, 0.15) is 0 Å². The Morgan fingerprint density at radius 3 is 1.29 bits per heavy atom. The first-order chi connectivity index (χ1) is 7.80. The normalized spacial score (nSPS) is 12.0. The zero-order valence-electron chi connectivity index (χ0n) is 9.21. The smallest absolute Gasteiger partial charge is 0.374 e. The highest BCUT2D eigenvalue weighted by atomic mass is 28.4. The zero-order chi connectivity index (χ0) is 13.4. The van der Waals surface area contributed by atoms with Gasteiger partial charge < -0.3 is 8.85 Å². The molecular weight excluding hydrogens is 263 g/mol. The van der Waals surface area contributed by atoms with E-state index in [1.807, 2.05) is 0 Å². The van der Waals surface area contributed by atoms with Gasteiger partial charge >= 0.3 is 8.56 Å². The zero-order valence-corrected chi connectivity index (χ0v) is 10.2. The van der Waals surface area contributed by atoms with Crippen molar-refractivity contribution >= 4 is 13.7 Å². The fraction of sp³-hybridized carbons (Fsp3) is 0.333. The minimum atomic E-state index is -3.64. The van der Waals surface area contributed by atoms with E-state index in [-0.39, 0.29) is 0 Å². The highest BCUT2D eigenvalue weighted by Crippen LogP contribution is 2.20. The number of rotatable bonds is 3. The Morgan fingerprint density at radius 2 is 1.00 bits per heavy atom. The van der Waals surface area contributed by atoms with Gasteiger partial charge in [0.05, 0.1) is 5.19 Å². The molecule has 0 heterocycles. The lowest BCUT2D eigenvalue weighted by atomic mass is 10.3. The van der Waals surface area contributed by atoms with E-state index >= 15 is 0 Å². The second-order valence-corrected chi connectivity index (χ2v) is 6.51. The monoisotopic (exact) mass is 272 g/mol. The van der Waals surface area contributed by atoms with Crippen molar-refractivity contribution in [3.05, 3.63) is 29.1 Å². The van der Waals surface area contributed by atoms with Gasteiger partial charge in [-0.15, -0.1) is 0 Å². The van der Waals surface area contributed by atoms with Gasteiger partial charge in [0, 0.05) is 14.2 Å². The molecule has 0 fully saturated rings. The molecule has 1 rings (SSSR count). The maximum Gasteiger partial charge on any atom is 0.374 e. The average Bonchev–Trinajstić information content (AvgIpc) is 2.33. The lowest BCUT2D eigenvalue weighted by Crippen LogP contribution is -2.53. The van der Waals surface area contributed by atoms with Crippen molar-refractivity contribution in [3.63, 3.8) is 0 Å². The summed E-state index contributed by atoms with van der Waals surface area (Å²) < 4.78 is 75.1. The van der Waals surface area contributed by atoms with Crippen LogP contribution in [0, 0.1) is 29.1 Å². The first-order valence-electron chi connectivity index (χ1n) is 4.42. The minimum absolute atomic E-state index is 1.03. The van der Waals surface area contributed by atoms with Crippen LogP contribution in [0.2, 0.25) is 6.55 Å². The van der Waals surface area contributed by atoms with Gasteiger partial charge in [-0.25, -0.2) is 22.0 Å². The Bertz CT molecular complexity index is 418. The molecule has 0 atom stereocenters. The van der Waals surface area contributed by atoms with Crippen LogP contribution in [-0.4, -0.2) is 22.8 Å². The Morgan fingerprint density at radius 1 is 0.706 bits per heavy atom. The lowest BCUT2D eigenvalue weighted by molar-refractivity contribution is 0.260. The van der Waals surface area contributed by atoms with Crippen molar-refractivity contribution in [1.29, 1.82) is 0 Å². The van der Waals surface area contributed by atoms with E-state index in [1.165, 1.54) is 6.55 Å². The molecule has 0 aliphatic heterocycles. The lowest BCUT2D eigenvalue weighted by Gasteiger charge is -2.24. The quantitative estimate of drug-likeness (QED) is 0.362. The number of hydrogen-bond acceptors (Lipinski definition) is 2. The maximum atomic E-state index is 13.4. The maximum absolute atomic E-state index is 13.4. The fourth-order valence-electron chi connectivity index (χ4n) is 1.29. The molecule has 1 aromatic rings. The molecule has 0 aliphatic rings. The summed E-state index contributed by atoms with van der Waals surface area (Å²) in [7, 11) is -1.49. The van der Waals surface area contributed by atoms with Gasteiger partial charge in [-0.05, 0) is 6.55 Å². The van der Waals surface area contributed by atoms with Crippen LogP contribution >= 0.6 is 0 Å². The third-order valence-corrected chi connectivity index (χ3v) is 5.35. The molecule has 17 heavy (non-hydrogen) atoms. The number of halogens is 5. The van der Waals surface area contributed by atoms with E-state index in [1.54, 1.807) is 0 Å². The highest BCUT2D eigenvalue weighted by molar-refractivity contribution is 6.80. The molecule has 0 unspecified atom stereocenters. The Labute approximate surface area is 95.2 Å². The standard InChI is InChI=1S/C9H9F5O2Si/c1-15-17(3,16-2)9-7(13)5(11)4(10)6(12)8(9)14/h1-3H3. The predicted octanol–water partition coefficient (Wildman–Crippen LogP) is 1.95. The summed E-state index contributed by atoms with van der Waals surface area (Å²) in [4.78, 5) is 0. The van der Waals surface area contributed by atoms with Crippen LogP contribution in [0.15, 0.2) is 0 Å². The molecule has 0 N–H and O–H groups in total. The molecule has 96 valence electrons. The third-order valence-electron chi connectivity index (χ3n) is 2.44. The van der Waals surface area contributed by atoms with Gasteiger partial charge in [0.15, 0.2) is 23.3 Å². The largest absolute Gasteiger partial charge is 0.394 e. The van der Waals surface area contributed by atoms with Gasteiger partial charge in [-0.1, -0.05) is 0 Å². The van der Waals surface area contributed by atoms with Crippen molar-refractivity contribution in [2.75, 3.05) is 14.2 Å². The molecule has 0 amide bonds. The summed E-state index contributed by atoms with van der Waals surface area (Å²) >= 11 is 0. The molecule has 8 heteroatoms. The first kappa shape index (κ1) is 14.1. The van der Waals surface area contributed by atoms with E-state index in [4.69, 9.17) is 8.85 Å². The molecule has 0 aromatic heterocycles. The molecule has 1 aromatic carbocycles. The van der Waals surface area contributed by atoms with E-state index in [0.29, 0.717) is 0 Å². The van der Waals surface area contributed by atoms with E-state index in [2.05, 4.69) is 0 Å². The van der Waals surface area contributed by atoms with Gasteiger partial charge in [0.1, 0.15) is 0 Å². The molecule has 0 radical (unpaired) electrons. The second-order valence-electron chi connectivity index (χ2n) is 3.30. The van der Waals surface area contributed by atoms with Crippen molar-refractivity contribution < 1.29 is 30.8 Å². The van der Waals surface area contributed by atoms with Crippen molar-refractivity contribution in [3.8, 4) is 0 Å². The molecule has 0 bridgehead atoms. The molecular formula is C9H9F5O2Si. The summed E-state index contributed by atoms with van der Waals surface area (Å²) in [5.41, 5.74) is 0. The Balaban J connectivity index is 3.65. The van der Waals surface area contributed by atoms with Crippen LogP contribution in [0.4, 0.5) is 22.0 Å². The molecule has 0 aliphatic carbocycles. The number of hydrogen-bond donors (Lipinski definition) is 0. The van der Waals surface area contributed by atoms with E-state index in [0.717, 1.165) is 14.2 Å². The van der Waals surface area contributed by atoms with Gasteiger partial charge in [-0.3, -0.25) is 0 Å². The SMILES string of the molecule is CO[Si](C)(OC)c1c(F)c(F)c(F)c(F)c1F. The van der Waals surface area contributed by atoms with Crippen LogP contribution in [0.5, 0.6) is 0 Å². The average molecular weight is 272 g/mol. The molecule has 0 saturated heterocycles. The minimum Gasteiger partial charge on any atom is -0.394 e. The predicted molar refractivity (Wildman–Crippen MR) is 51.5 cm³/mol. The summed E-state index contributed by atoms with van der Waals surface area (Å²) in [5.74, 6) is -10.1. The van der Waals surface area contributed by atoms with Gasteiger partial charge in [-0.2, -0.15) is 0 Å². The Kier molecular flexibility index (Phi) is 3.90. The van der Waals surface area contributed by atoms with E-state index in [9.17, 15) is 22.0 Å². The fourth-order valence-corrected chi connectivity index (χ4v) is 2.88.